The van der Waals surface area contributed by atoms with Crippen molar-refractivity contribution in [1.82, 2.24) is 10.3 Å². The Morgan fingerprint density at radius 3 is 2.63 bits per heavy atom. The van der Waals surface area contributed by atoms with Crippen LogP contribution in [0, 0.1) is 19.8 Å². The van der Waals surface area contributed by atoms with Crippen LogP contribution in [0.5, 0.6) is 0 Å². The van der Waals surface area contributed by atoms with Crippen LogP contribution in [0.4, 0.5) is 0 Å². The molecule has 0 aliphatic heterocycles. The average molecular weight is 389 g/mol. The fourth-order valence-electron chi connectivity index (χ4n) is 3.51. The number of hydrogen-bond acceptors (Lipinski definition) is 4. The van der Waals surface area contributed by atoms with Gasteiger partial charge in [-0.1, -0.05) is 25.1 Å². The molecule has 0 spiro atoms. The molecule has 0 unspecified atom stereocenters. The van der Waals surface area contributed by atoms with Crippen molar-refractivity contribution in [1.29, 1.82) is 0 Å². The number of hydrogen-bond donors (Lipinski definition) is 1. The number of nitrogens with zero attached hydrogens (tertiary/aromatic N) is 1. The Morgan fingerprint density at radius 2 is 1.93 bits per heavy atom. The molecule has 0 bridgehead atoms. The zero-order valence-electron chi connectivity index (χ0n) is 16.3. The zero-order valence-corrected chi connectivity index (χ0v) is 17.1. The number of carbonyl (C=O) groups excluding carboxylic acids is 1. The zero-order chi connectivity index (χ0) is 19.4. The number of aromatic nitrogens is 1. The number of rotatable bonds is 6. The van der Waals surface area contributed by atoms with Crippen LogP contribution in [-0.4, -0.2) is 26.9 Å². The summed E-state index contributed by atoms with van der Waals surface area (Å²) in [6.07, 6.45) is 4.32. The van der Waals surface area contributed by atoms with Gasteiger partial charge in [-0.3, -0.25) is 9.00 Å². The molecule has 1 N–H and O–H groups in total. The third-order valence-corrected chi connectivity index (χ3v) is 6.42. The maximum atomic E-state index is 12.5. The van der Waals surface area contributed by atoms with Crippen molar-refractivity contribution in [3.63, 3.8) is 0 Å². The number of amides is 1. The summed E-state index contributed by atoms with van der Waals surface area (Å²) in [4.78, 5) is 16.7. The lowest BCUT2D eigenvalue weighted by molar-refractivity contribution is -0.119. The van der Waals surface area contributed by atoms with Gasteiger partial charge in [0.25, 0.3) is 0 Å². The molecule has 1 aromatic heterocycles. The second kappa shape index (κ2) is 8.83. The number of carbonyl (C=O) groups is 1. The number of oxazole rings is 1. The van der Waals surface area contributed by atoms with E-state index in [9.17, 15) is 9.00 Å². The van der Waals surface area contributed by atoms with E-state index in [1.807, 2.05) is 38.1 Å². The van der Waals surface area contributed by atoms with Gasteiger partial charge in [0.2, 0.25) is 11.8 Å². The van der Waals surface area contributed by atoms with E-state index in [4.69, 9.17) is 4.42 Å². The van der Waals surface area contributed by atoms with Crippen molar-refractivity contribution in [3.05, 3.63) is 41.3 Å². The SMILES string of the molecule is Cc1ccccc1-c1nc(C[S@](=O)CC(=O)NC2CCC(C)CC2)c(C)o1. The molecule has 27 heavy (non-hydrogen) atoms. The lowest BCUT2D eigenvalue weighted by atomic mass is 9.87. The van der Waals surface area contributed by atoms with E-state index in [1.165, 1.54) is 0 Å². The minimum atomic E-state index is -1.31. The van der Waals surface area contributed by atoms with Crippen LogP contribution in [0.15, 0.2) is 28.7 Å². The number of benzene rings is 1. The molecule has 6 heteroatoms. The fourth-order valence-corrected chi connectivity index (χ4v) is 4.56. The van der Waals surface area contributed by atoms with Crippen LogP contribution in [0.1, 0.15) is 49.6 Å². The van der Waals surface area contributed by atoms with Crippen molar-refractivity contribution in [3.8, 4) is 11.5 Å². The summed E-state index contributed by atoms with van der Waals surface area (Å²) >= 11 is 0. The van der Waals surface area contributed by atoms with Gasteiger partial charge in [-0.15, -0.1) is 0 Å². The molecule has 1 amide bonds. The minimum absolute atomic E-state index is 0.0120. The standard InChI is InChI=1S/C21H28N2O3S/c1-14-8-10-17(11-9-14)22-20(24)13-27(25)12-19-16(3)26-21(23-19)18-7-5-4-6-15(18)2/h4-7,14,17H,8-13H2,1-3H3,(H,22,24)/t14?,17?,27-/m0/s1. The van der Waals surface area contributed by atoms with Gasteiger partial charge < -0.3 is 9.73 Å². The Labute approximate surface area is 163 Å². The van der Waals surface area contributed by atoms with Crippen LogP contribution in [-0.2, 0) is 21.3 Å². The summed E-state index contributed by atoms with van der Waals surface area (Å²) in [6.45, 7) is 6.08. The monoisotopic (exact) mass is 388 g/mol. The Hall–Kier alpha value is -1.95. The third kappa shape index (κ3) is 5.28. The lowest BCUT2D eigenvalue weighted by Gasteiger charge is -2.26. The molecule has 0 saturated heterocycles. The molecule has 1 fully saturated rings. The third-order valence-electron chi connectivity index (χ3n) is 5.24. The van der Waals surface area contributed by atoms with E-state index in [1.54, 1.807) is 0 Å². The summed E-state index contributed by atoms with van der Waals surface area (Å²) in [5.41, 5.74) is 2.67. The first-order valence-electron chi connectivity index (χ1n) is 9.59. The molecular weight excluding hydrogens is 360 g/mol. The second-order valence-electron chi connectivity index (χ2n) is 7.59. The van der Waals surface area contributed by atoms with E-state index in [-0.39, 0.29) is 23.5 Å². The summed E-state index contributed by atoms with van der Waals surface area (Å²) in [6, 6.07) is 8.10. The van der Waals surface area contributed by atoms with Gasteiger partial charge in [-0.05, 0) is 57.1 Å². The summed E-state index contributed by atoms with van der Waals surface area (Å²) in [5.74, 6) is 2.05. The highest BCUT2D eigenvalue weighted by atomic mass is 32.2. The Kier molecular flexibility index (Phi) is 6.47. The van der Waals surface area contributed by atoms with Gasteiger partial charge in [-0.25, -0.2) is 4.98 Å². The van der Waals surface area contributed by atoms with Gasteiger partial charge in [0.1, 0.15) is 11.5 Å². The Balaban J connectivity index is 1.56. The average Bonchev–Trinajstić information content (AvgIpc) is 2.97. The fraction of sp³-hybridized carbons (Fsp3) is 0.524. The predicted octanol–water partition coefficient (Wildman–Crippen LogP) is 3.90. The molecule has 1 heterocycles. The first-order valence-corrected chi connectivity index (χ1v) is 11.1. The smallest absolute Gasteiger partial charge is 0.232 e. The predicted molar refractivity (Wildman–Crippen MR) is 108 cm³/mol. The minimum Gasteiger partial charge on any atom is -0.441 e. The highest BCUT2D eigenvalue weighted by molar-refractivity contribution is 7.84. The Bertz CT molecular complexity index is 823. The summed E-state index contributed by atoms with van der Waals surface area (Å²) in [5, 5.41) is 3.03. The topological polar surface area (TPSA) is 72.2 Å². The van der Waals surface area contributed by atoms with Crippen LogP contribution in [0.2, 0.25) is 0 Å². The van der Waals surface area contributed by atoms with Gasteiger partial charge >= 0.3 is 0 Å². The number of nitrogens with one attached hydrogen (secondary N) is 1. The molecule has 1 aliphatic rings. The maximum absolute atomic E-state index is 12.5. The molecule has 1 aliphatic carbocycles. The van der Waals surface area contributed by atoms with Gasteiger partial charge in [0.05, 0.1) is 11.4 Å². The van der Waals surface area contributed by atoms with Gasteiger partial charge in [0.15, 0.2) is 0 Å². The molecule has 1 aromatic carbocycles. The lowest BCUT2D eigenvalue weighted by Crippen LogP contribution is -2.39. The van der Waals surface area contributed by atoms with Crippen LogP contribution >= 0.6 is 0 Å². The molecule has 0 radical (unpaired) electrons. The Morgan fingerprint density at radius 1 is 1.22 bits per heavy atom. The first-order chi connectivity index (χ1) is 12.9. The van der Waals surface area contributed by atoms with Gasteiger partial charge in [0, 0.05) is 22.4 Å². The molecule has 1 atom stereocenters. The van der Waals surface area contributed by atoms with Crippen molar-refractivity contribution in [2.45, 2.75) is 58.2 Å². The number of aryl methyl sites for hydroxylation is 2. The van der Waals surface area contributed by atoms with Crippen molar-refractivity contribution >= 4 is 16.7 Å². The second-order valence-corrected chi connectivity index (χ2v) is 9.05. The largest absolute Gasteiger partial charge is 0.441 e. The van der Waals surface area contributed by atoms with Crippen molar-refractivity contribution in [2.24, 2.45) is 5.92 Å². The van der Waals surface area contributed by atoms with E-state index >= 15 is 0 Å². The van der Waals surface area contributed by atoms with E-state index in [0.29, 0.717) is 17.3 Å². The molecule has 1 saturated carbocycles. The van der Waals surface area contributed by atoms with Crippen molar-refractivity contribution in [2.75, 3.05) is 5.75 Å². The highest BCUT2D eigenvalue weighted by Crippen LogP contribution is 2.25. The molecule has 2 aromatic rings. The first kappa shape index (κ1) is 19.8. The van der Waals surface area contributed by atoms with Crippen LogP contribution < -0.4 is 5.32 Å². The van der Waals surface area contributed by atoms with Gasteiger partial charge in [-0.2, -0.15) is 0 Å². The summed E-state index contributed by atoms with van der Waals surface area (Å²) in [7, 11) is -1.31. The van der Waals surface area contributed by atoms with E-state index in [0.717, 1.165) is 42.7 Å². The van der Waals surface area contributed by atoms with E-state index < -0.39 is 10.8 Å². The normalized spacial score (nSPS) is 21.0. The molecule has 5 nitrogen and oxygen atoms in total. The highest BCUT2D eigenvalue weighted by Gasteiger charge is 2.21. The quantitative estimate of drug-likeness (QED) is 0.814. The molecule has 3 rings (SSSR count). The van der Waals surface area contributed by atoms with Crippen LogP contribution in [0.25, 0.3) is 11.5 Å². The van der Waals surface area contributed by atoms with Crippen molar-refractivity contribution < 1.29 is 13.4 Å². The molecule has 146 valence electrons. The maximum Gasteiger partial charge on any atom is 0.232 e. The molecular formula is C21H28N2O3S. The summed E-state index contributed by atoms with van der Waals surface area (Å²) < 4.78 is 18.2. The van der Waals surface area contributed by atoms with E-state index in [2.05, 4.69) is 17.2 Å². The van der Waals surface area contributed by atoms with Crippen LogP contribution in [0.3, 0.4) is 0 Å².